The minimum absolute atomic E-state index is 0.115. The van der Waals surface area contributed by atoms with E-state index in [1.54, 1.807) is 18.2 Å². The van der Waals surface area contributed by atoms with Crippen LogP contribution in [0.3, 0.4) is 0 Å². The summed E-state index contributed by atoms with van der Waals surface area (Å²) in [6.45, 7) is 2.03. The maximum Gasteiger partial charge on any atom is 0.205 e. The Morgan fingerprint density at radius 2 is 2.12 bits per heavy atom. The summed E-state index contributed by atoms with van der Waals surface area (Å²) < 4.78 is 14.1. The number of carbonyl (C=O) groups excluding carboxylic acids is 1. The summed E-state index contributed by atoms with van der Waals surface area (Å²) in [7, 11) is 0. The van der Waals surface area contributed by atoms with Crippen molar-refractivity contribution in [2.45, 2.75) is 13.3 Å². The number of halogens is 2. The highest BCUT2D eigenvalue weighted by Crippen LogP contribution is 2.24. The summed E-state index contributed by atoms with van der Waals surface area (Å²) in [4.78, 5) is 13.8. The van der Waals surface area contributed by atoms with Gasteiger partial charge in [0.2, 0.25) is 5.78 Å². The third-order valence-electron chi connectivity index (χ3n) is 2.43. The maximum atomic E-state index is 13.8. The smallest absolute Gasteiger partial charge is 0.205 e. The average molecular weight is 313 g/mol. The topological polar surface area (TPSA) is 17.1 Å². The molecule has 0 aliphatic carbocycles. The van der Waals surface area contributed by atoms with Crippen molar-refractivity contribution in [2.75, 3.05) is 0 Å². The lowest BCUT2D eigenvalue weighted by Crippen LogP contribution is -2.02. The molecule has 0 amide bonds. The highest BCUT2D eigenvalue weighted by molar-refractivity contribution is 9.10. The first-order chi connectivity index (χ1) is 8.13. The number of rotatable bonds is 3. The molecule has 0 spiro atoms. The molecule has 0 unspecified atom stereocenters. The quantitative estimate of drug-likeness (QED) is 0.766. The molecule has 0 radical (unpaired) electrons. The van der Waals surface area contributed by atoms with Gasteiger partial charge in [0.05, 0.1) is 14.9 Å². The van der Waals surface area contributed by atoms with Crippen LogP contribution in [0.4, 0.5) is 4.39 Å². The van der Waals surface area contributed by atoms with Crippen molar-refractivity contribution in [3.8, 4) is 0 Å². The second-order valence-corrected chi connectivity index (χ2v) is 5.57. The van der Waals surface area contributed by atoms with Crippen molar-refractivity contribution >= 4 is 33.0 Å². The lowest BCUT2D eigenvalue weighted by molar-refractivity contribution is 0.103. The second-order valence-electron chi connectivity index (χ2n) is 3.55. The number of hydrogen-bond acceptors (Lipinski definition) is 2. The highest BCUT2D eigenvalue weighted by Gasteiger charge is 2.17. The predicted molar refractivity (Wildman–Crippen MR) is 71.2 cm³/mol. The van der Waals surface area contributed by atoms with Gasteiger partial charge in [0.1, 0.15) is 5.82 Å². The van der Waals surface area contributed by atoms with E-state index in [0.29, 0.717) is 9.35 Å². The van der Waals surface area contributed by atoms with Crippen LogP contribution in [-0.2, 0) is 6.42 Å². The van der Waals surface area contributed by atoms with Crippen molar-refractivity contribution in [3.05, 3.63) is 55.9 Å². The van der Waals surface area contributed by atoms with Gasteiger partial charge in [-0.1, -0.05) is 13.0 Å². The molecule has 0 aliphatic rings. The van der Waals surface area contributed by atoms with E-state index < -0.39 is 5.82 Å². The molecule has 2 rings (SSSR count). The SMILES string of the molecule is CCc1ccc(C(=O)c2cccc(Br)c2F)s1. The van der Waals surface area contributed by atoms with Crippen LogP contribution in [-0.4, -0.2) is 5.78 Å². The van der Waals surface area contributed by atoms with Crippen molar-refractivity contribution in [3.63, 3.8) is 0 Å². The molecule has 88 valence electrons. The Balaban J connectivity index is 2.40. The molecular formula is C13H10BrFOS. The van der Waals surface area contributed by atoms with Crippen LogP contribution in [0.2, 0.25) is 0 Å². The van der Waals surface area contributed by atoms with Gasteiger partial charge < -0.3 is 0 Å². The lowest BCUT2D eigenvalue weighted by atomic mass is 10.1. The normalized spacial score (nSPS) is 10.5. The monoisotopic (exact) mass is 312 g/mol. The Morgan fingerprint density at radius 3 is 2.76 bits per heavy atom. The Bertz CT molecular complexity index is 562. The van der Waals surface area contributed by atoms with Crippen LogP contribution in [0, 0.1) is 5.82 Å². The molecule has 1 aromatic carbocycles. The molecule has 0 saturated heterocycles. The van der Waals surface area contributed by atoms with Gasteiger partial charge >= 0.3 is 0 Å². The molecule has 4 heteroatoms. The number of benzene rings is 1. The fourth-order valence-electron chi connectivity index (χ4n) is 1.50. The zero-order chi connectivity index (χ0) is 12.4. The van der Waals surface area contributed by atoms with Crippen LogP contribution < -0.4 is 0 Å². The van der Waals surface area contributed by atoms with E-state index in [0.717, 1.165) is 11.3 Å². The molecular weight excluding hydrogens is 303 g/mol. The fraction of sp³-hybridized carbons (Fsp3) is 0.154. The van der Waals surface area contributed by atoms with E-state index in [9.17, 15) is 9.18 Å². The minimum Gasteiger partial charge on any atom is -0.288 e. The molecule has 17 heavy (non-hydrogen) atoms. The highest BCUT2D eigenvalue weighted by atomic mass is 79.9. The summed E-state index contributed by atoms with van der Waals surface area (Å²) in [5, 5.41) is 0. The number of thiophene rings is 1. The summed E-state index contributed by atoms with van der Waals surface area (Å²) in [6.07, 6.45) is 0.888. The van der Waals surface area contributed by atoms with Gasteiger partial charge in [-0.15, -0.1) is 11.3 Å². The summed E-state index contributed by atoms with van der Waals surface area (Å²) in [5.41, 5.74) is 0.115. The first-order valence-corrected chi connectivity index (χ1v) is 6.82. The number of ketones is 1. The zero-order valence-electron chi connectivity index (χ0n) is 9.17. The number of aryl methyl sites for hydroxylation is 1. The van der Waals surface area contributed by atoms with Gasteiger partial charge in [-0.25, -0.2) is 4.39 Å². The molecule has 1 heterocycles. The van der Waals surface area contributed by atoms with Crippen LogP contribution >= 0.6 is 27.3 Å². The van der Waals surface area contributed by atoms with E-state index in [1.807, 2.05) is 13.0 Å². The van der Waals surface area contributed by atoms with Gasteiger partial charge in [-0.3, -0.25) is 4.79 Å². The Kier molecular flexibility index (Phi) is 3.74. The Hall–Kier alpha value is -1.00. The maximum absolute atomic E-state index is 13.8. The van der Waals surface area contributed by atoms with E-state index in [1.165, 1.54) is 17.4 Å². The zero-order valence-corrected chi connectivity index (χ0v) is 11.6. The van der Waals surface area contributed by atoms with E-state index >= 15 is 0 Å². The third-order valence-corrected chi connectivity index (χ3v) is 4.27. The second kappa shape index (κ2) is 5.10. The van der Waals surface area contributed by atoms with E-state index in [4.69, 9.17) is 0 Å². The van der Waals surface area contributed by atoms with Crippen LogP contribution in [0.25, 0.3) is 0 Å². The van der Waals surface area contributed by atoms with Crippen molar-refractivity contribution < 1.29 is 9.18 Å². The van der Waals surface area contributed by atoms with Gasteiger partial charge in [0.15, 0.2) is 0 Å². The van der Waals surface area contributed by atoms with E-state index in [2.05, 4.69) is 15.9 Å². The molecule has 2 aromatic rings. The van der Waals surface area contributed by atoms with Crippen LogP contribution in [0.15, 0.2) is 34.8 Å². The first-order valence-electron chi connectivity index (χ1n) is 5.21. The van der Waals surface area contributed by atoms with Crippen molar-refractivity contribution in [2.24, 2.45) is 0 Å². The first kappa shape index (κ1) is 12.5. The standard InChI is InChI=1S/C13H10BrFOS/c1-2-8-6-7-11(17-8)13(16)9-4-3-5-10(14)12(9)15/h3-7H,2H2,1H3. The van der Waals surface area contributed by atoms with E-state index in [-0.39, 0.29) is 11.3 Å². The molecule has 0 aliphatic heterocycles. The molecule has 0 fully saturated rings. The molecule has 1 aromatic heterocycles. The summed E-state index contributed by atoms with van der Waals surface area (Å²) >= 11 is 4.50. The molecule has 1 nitrogen and oxygen atoms in total. The largest absolute Gasteiger partial charge is 0.288 e. The van der Waals surface area contributed by atoms with Crippen molar-refractivity contribution in [1.82, 2.24) is 0 Å². The van der Waals surface area contributed by atoms with Crippen LogP contribution in [0.1, 0.15) is 27.0 Å². The summed E-state index contributed by atoms with van der Waals surface area (Å²) in [5.74, 6) is -0.752. The van der Waals surface area contributed by atoms with Gasteiger partial charge in [-0.2, -0.15) is 0 Å². The molecule has 0 atom stereocenters. The Morgan fingerprint density at radius 1 is 1.35 bits per heavy atom. The predicted octanol–water partition coefficient (Wildman–Crippen LogP) is 4.44. The van der Waals surface area contributed by atoms with Crippen LogP contribution in [0.5, 0.6) is 0 Å². The Labute approximate surface area is 111 Å². The molecule has 0 bridgehead atoms. The fourth-order valence-corrected chi connectivity index (χ4v) is 2.77. The average Bonchev–Trinajstić information content (AvgIpc) is 2.80. The van der Waals surface area contributed by atoms with Gasteiger partial charge in [0, 0.05) is 4.88 Å². The molecule has 0 saturated carbocycles. The minimum atomic E-state index is -0.496. The van der Waals surface area contributed by atoms with Gasteiger partial charge in [0.25, 0.3) is 0 Å². The third kappa shape index (κ3) is 2.48. The number of carbonyl (C=O) groups is 1. The lowest BCUT2D eigenvalue weighted by Gasteiger charge is -2.01. The number of hydrogen-bond donors (Lipinski definition) is 0. The molecule has 0 N–H and O–H groups in total. The summed E-state index contributed by atoms with van der Waals surface area (Å²) in [6, 6.07) is 8.42. The van der Waals surface area contributed by atoms with Gasteiger partial charge in [-0.05, 0) is 46.6 Å². The van der Waals surface area contributed by atoms with Crippen molar-refractivity contribution in [1.29, 1.82) is 0 Å².